The molecule has 4 nitrogen and oxygen atoms in total. The lowest BCUT2D eigenvalue weighted by Gasteiger charge is -2.09. The Morgan fingerprint density at radius 2 is 1.90 bits per heavy atom. The van der Waals surface area contributed by atoms with Gasteiger partial charge in [-0.1, -0.05) is 44.0 Å². The number of unbranched alkanes of at least 4 members (excludes halogenated alkanes) is 2. The van der Waals surface area contributed by atoms with Crippen molar-refractivity contribution in [2.45, 2.75) is 39.7 Å². The van der Waals surface area contributed by atoms with Gasteiger partial charge in [-0.25, -0.2) is 4.98 Å². The SMILES string of the molecule is CCCCCNc1nccc(NCc2ccccc2C)n1. The molecule has 0 saturated heterocycles. The third-order valence-corrected chi connectivity index (χ3v) is 3.44. The van der Waals surface area contributed by atoms with E-state index in [0.29, 0.717) is 5.95 Å². The van der Waals surface area contributed by atoms with Crippen molar-refractivity contribution in [2.75, 3.05) is 17.2 Å². The van der Waals surface area contributed by atoms with Crippen LogP contribution in [-0.2, 0) is 6.54 Å². The van der Waals surface area contributed by atoms with Crippen molar-refractivity contribution in [3.63, 3.8) is 0 Å². The van der Waals surface area contributed by atoms with Crippen LogP contribution in [0.1, 0.15) is 37.3 Å². The van der Waals surface area contributed by atoms with Crippen molar-refractivity contribution in [3.05, 3.63) is 47.7 Å². The van der Waals surface area contributed by atoms with Crippen LogP contribution < -0.4 is 10.6 Å². The van der Waals surface area contributed by atoms with E-state index in [1.54, 1.807) is 6.20 Å². The first kappa shape index (κ1) is 15.3. The summed E-state index contributed by atoms with van der Waals surface area (Å²) in [4.78, 5) is 8.73. The molecule has 2 rings (SSSR count). The van der Waals surface area contributed by atoms with Gasteiger partial charge >= 0.3 is 0 Å². The molecular weight excluding hydrogens is 260 g/mol. The van der Waals surface area contributed by atoms with Crippen molar-refractivity contribution in [1.29, 1.82) is 0 Å². The maximum Gasteiger partial charge on any atom is 0.224 e. The van der Waals surface area contributed by atoms with Gasteiger partial charge in [0, 0.05) is 19.3 Å². The van der Waals surface area contributed by atoms with Crippen LogP contribution in [0.15, 0.2) is 36.5 Å². The van der Waals surface area contributed by atoms with Crippen molar-refractivity contribution >= 4 is 11.8 Å². The van der Waals surface area contributed by atoms with Gasteiger partial charge in [0.15, 0.2) is 0 Å². The number of nitrogens with zero attached hydrogens (tertiary/aromatic N) is 2. The predicted octanol–water partition coefficient (Wildman–Crippen LogP) is 4.00. The molecule has 0 aliphatic carbocycles. The number of nitrogens with one attached hydrogen (secondary N) is 2. The maximum absolute atomic E-state index is 4.48. The molecule has 0 atom stereocenters. The van der Waals surface area contributed by atoms with E-state index >= 15 is 0 Å². The topological polar surface area (TPSA) is 49.8 Å². The normalized spacial score (nSPS) is 10.4. The summed E-state index contributed by atoms with van der Waals surface area (Å²) in [5.41, 5.74) is 2.57. The van der Waals surface area contributed by atoms with Crippen LogP contribution in [0, 0.1) is 6.92 Å². The molecule has 0 amide bonds. The molecule has 0 aliphatic rings. The van der Waals surface area contributed by atoms with Gasteiger partial charge in [0.1, 0.15) is 5.82 Å². The quantitative estimate of drug-likeness (QED) is 0.719. The number of hydrogen-bond donors (Lipinski definition) is 2. The highest BCUT2D eigenvalue weighted by Gasteiger charge is 2.00. The average molecular weight is 284 g/mol. The molecule has 0 spiro atoms. The van der Waals surface area contributed by atoms with Gasteiger partial charge < -0.3 is 10.6 Å². The van der Waals surface area contributed by atoms with Crippen molar-refractivity contribution in [2.24, 2.45) is 0 Å². The standard InChI is InChI=1S/C17H24N4/c1-3-4-7-11-18-17-19-12-10-16(21-17)20-13-15-9-6-5-8-14(15)2/h5-6,8-10,12H,3-4,7,11,13H2,1-2H3,(H2,18,19,20,21). The number of benzene rings is 1. The average Bonchev–Trinajstić information content (AvgIpc) is 2.51. The van der Waals surface area contributed by atoms with Crippen LogP contribution in [0.5, 0.6) is 0 Å². The van der Waals surface area contributed by atoms with Crippen molar-refractivity contribution < 1.29 is 0 Å². The first-order valence-corrected chi connectivity index (χ1v) is 7.65. The number of rotatable bonds is 8. The molecule has 2 N–H and O–H groups in total. The summed E-state index contributed by atoms with van der Waals surface area (Å²) in [6, 6.07) is 10.3. The highest BCUT2D eigenvalue weighted by atomic mass is 15.1. The largest absolute Gasteiger partial charge is 0.366 e. The molecule has 0 bridgehead atoms. The Hall–Kier alpha value is -2.10. The minimum Gasteiger partial charge on any atom is -0.366 e. The fraction of sp³-hybridized carbons (Fsp3) is 0.412. The van der Waals surface area contributed by atoms with Gasteiger partial charge in [-0.2, -0.15) is 4.98 Å². The Morgan fingerprint density at radius 1 is 1.05 bits per heavy atom. The van der Waals surface area contributed by atoms with Gasteiger partial charge in [-0.05, 0) is 30.5 Å². The van der Waals surface area contributed by atoms with Gasteiger partial charge in [0.05, 0.1) is 0 Å². The van der Waals surface area contributed by atoms with Crippen LogP contribution in [-0.4, -0.2) is 16.5 Å². The Labute approximate surface area is 127 Å². The summed E-state index contributed by atoms with van der Waals surface area (Å²) in [6.45, 7) is 6.03. The van der Waals surface area contributed by atoms with Crippen LogP contribution in [0.4, 0.5) is 11.8 Å². The predicted molar refractivity (Wildman–Crippen MR) is 88.6 cm³/mol. The Balaban J connectivity index is 1.87. The third-order valence-electron chi connectivity index (χ3n) is 3.44. The van der Waals surface area contributed by atoms with Crippen LogP contribution in [0.25, 0.3) is 0 Å². The summed E-state index contributed by atoms with van der Waals surface area (Å²) >= 11 is 0. The number of aryl methyl sites for hydroxylation is 1. The third kappa shape index (κ3) is 5.06. The summed E-state index contributed by atoms with van der Waals surface area (Å²) in [7, 11) is 0. The van der Waals surface area contributed by atoms with Crippen molar-refractivity contribution in [3.8, 4) is 0 Å². The molecule has 0 fully saturated rings. The molecule has 0 aliphatic heterocycles. The van der Waals surface area contributed by atoms with Gasteiger partial charge in [0.2, 0.25) is 5.95 Å². The van der Waals surface area contributed by atoms with Crippen molar-refractivity contribution in [1.82, 2.24) is 9.97 Å². The van der Waals surface area contributed by atoms with Gasteiger partial charge in [-0.3, -0.25) is 0 Å². The molecule has 112 valence electrons. The van der Waals surface area contributed by atoms with E-state index in [1.807, 2.05) is 6.07 Å². The van der Waals surface area contributed by atoms with Gasteiger partial charge in [-0.15, -0.1) is 0 Å². The first-order valence-electron chi connectivity index (χ1n) is 7.65. The van der Waals surface area contributed by atoms with E-state index in [1.165, 1.54) is 24.0 Å². The second-order valence-corrected chi connectivity index (χ2v) is 5.18. The number of aromatic nitrogens is 2. The summed E-state index contributed by atoms with van der Waals surface area (Å²) in [6.07, 6.45) is 5.40. The van der Waals surface area contributed by atoms with E-state index in [9.17, 15) is 0 Å². The molecule has 2 aromatic rings. The Kier molecular flexibility index (Phi) is 6.00. The summed E-state index contributed by atoms with van der Waals surface area (Å²) < 4.78 is 0. The lowest BCUT2D eigenvalue weighted by atomic mass is 10.1. The van der Waals surface area contributed by atoms with Crippen LogP contribution in [0.2, 0.25) is 0 Å². The number of anilines is 2. The lowest BCUT2D eigenvalue weighted by Crippen LogP contribution is -2.08. The Morgan fingerprint density at radius 3 is 2.71 bits per heavy atom. The summed E-state index contributed by atoms with van der Waals surface area (Å²) in [5.74, 6) is 1.55. The number of hydrogen-bond acceptors (Lipinski definition) is 4. The second kappa shape index (κ2) is 8.25. The molecule has 21 heavy (non-hydrogen) atoms. The minimum absolute atomic E-state index is 0.695. The molecule has 0 unspecified atom stereocenters. The van der Waals surface area contributed by atoms with Gasteiger partial charge in [0.25, 0.3) is 0 Å². The maximum atomic E-state index is 4.48. The van der Waals surface area contributed by atoms with E-state index in [4.69, 9.17) is 0 Å². The van der Waals surface area contributed by atoms with Crippen LogP contribution in [0.3, 0.4) is 0 Å². The van der Waals surface area contributed by atoms with E-state index in [2.05, 4.69) is 58.7 Å². The lowest BCUT2D eigenvalue weighted by molar-refractivity contribution is 0.740. The second-order valence-electron chi connectivity index (χ2n) is 5.18. The molecule has 0 radical (unpaired) electrons. The highest BCUT2D eigenvalue weighted by molar-refractivity contribution is 5.41. The Bertz CT molecular complexity index is 554. The zero-order chi connectivity index (χ0) is 14.9. The summed E-state index contributed by atoms with van der Waals surface area (Å²) in [5, 5.41) is 6.62. The van der Waals surface area contributed by atoms with Crippen LogP contribution >= 0.6 is 0 Å². The molecule has 1 aromatic heterocycles. The molecule has 1 heterocycles. The minimum atomic E-state index is 0.695. The molecule has 4 heteroatoms. The van der Waals surface area contributed by atoms with E-state index < -0.39 is 0 Å². The fourth-order valence-corrected chi connectivity index (χ4v) is 2.11. The zero-order valence-electron chi connectivity index (χ0n) is 12.9. The molecule has 1 aromatic carbocycles. The molecular formula is C17H24N4. The highest BCUT2D eigenvalue weighted by Crippen LogP contribution is 2.11. The smallest absolute Gasteiger partial charge is 0.224 e. The van der Waals surface area contributed by atoms with E-state index in [0.717, 1.165) is 25.3 Å². The fourth-order valence-electron chi connectivity index (χ4n) is 2.11. The molecule has 0 saturated carbocycles. The zero-order valence-corrected chi connectivity index (χ0v) is 12.9. The monoisotopic (exact) mass is 284 g/mol. The first-order chi connectivity index (χ1) is 10.3. The van der Waals surface area contributed by atoms with E-state index in [-0.39, 0.29) is 0 Å².